The van der Waals surface area contributed by atoms with Crippen molar-refractivity contribution in [2.45, 2.75) is 90.2 Å². The van der Waals surface area contributed by atoms with E-state index in [0.29, 0.717) is 30.8 Å². The van der Waals surface area contributed by atoms with Crippen molar-refractivity contribution in [2.75, 3.05) is 0 Å². The fourth-order valence-corrected chi connectivity index (χ4v) is 5.94. The number of fused-ring (bicyclic) bond motifs is 1. The van der Waals surface area contributed by atoms with Crippen LogP contribution in [-0.4, -0.2) is 8.32 Å². The van der Waals surface area contributed by atoms with Gasteiger partial charge in [-0.3, -0.25) is 0 Å². The molecule has 1 aliphatic carbocycles. The molecular weight excluding hydrogens is 501 g/mol. The van der Waals surface area contributed by atoms with Crippen LogP contribution >= 0.6 is 0 Å². The first kappa shape index (κ1) is 28.3. The van der Waals surface area contributed by atoms with E-state index in [4.69, 9.17) is 9.16 Å². The van der Waals surface area contributed by atoms with Crippen molar-refractivity contribution in [3.63, 3.8) is 0 Å². The SMILES string of the molecule is CC(C)c1cc(C2CCc3cc(O[Si](C)(C)C(C)(C)C)cc(C(F)(F)F)c32)ccc1OCc1ccccc1. The summed E-state index contributed by atoms with van der Waals surface area (Å²) in [6.45, 7) is 15.0. The van der Waals surface area contributed by atoms with Crippen LogP contribution < -0.4 is 9.16 Å². The average molecular weight is 541 g/mol. The number of alkyl halides is 3. The molecule has 0 aliphatic heterocycles. The molecule has 204 valence electrons. The van der Waals surface area contributed by atoms with Crippen LogP contribution in [0.2, 0.25) is 18.1 Å². The Kier molecular flexibility index (Phi) is 7.77. The van der Waals surface area contributed by atoms with Crippen LogP contribution in [0.4, 0.5) is 13.2 Å². The molecule has 3 aromatic carbocycles. The van der Waals surface area contributed by atoms with Crippen molar-refractivity contribution < 1.29 is 22.3 Å². The fraction of sp³-hybridized carbons (Fsp3) is 0.438. The lowest BCUT2D eigenvalue weighted by molar-refractivity contribution is -0.138. The molecule has 0 N–H and O–H groups in total. The van der Waals surface area contributed by atoms with Crippen molar-refractivity contribution in [3.05, 3.63) is 94.0 Å². The van der Waals surface area contributed by atoms with E-state index < -0.39 is 20.1 Å². The fourth-order valence-electron chi connectivity index (χ4n) is 4.92. The maximum absolute atomic E-state index is 14.4. The summed E-state index contributed by atoms with van der Waals surface area (Å²) in [4.78, 5) is 0. The zero-order chi connectivity index (χ0) is 27.9. The topological polar surface area (TPSA) is 18.5 Å². The van der Waals surface area contributed by atoms with Crippen LogP contribution in [0.3, 0.4) is 0 Å². The lowest BCUT2D eigenvalue weighted by Crippen LogP contribution is -2.43. The molecule has 4 rings (SSSR count). The first-order valence-electron chi connectivity index (χ1n) is 13.4. The third-order valence-corrected chi connectivity index (χ3v) is 12.4. The number of halogens is 3. The summed E-state index contributed by atoms with van der Waals surface area (Å²) in [6, 6.07) is 18.9. The minimum atomic E-state index is -4.46. The van der Waals surface area contributed by atoms with E-state index >= 15 is 0 Å². The summed E-state index contributed by atoms with van der Waals surface area (Å²) in [5, 5.41) is -0.107. The van der Waals surface area contributed by atoms with Crippen LogP contribution in [0.25, 0.3) is 0 Å². The van der Waals surface area contributed by atoms with Gasteiger partial charge in [-0.25, -0.2) is 0 Å². The van der Waals surface area contributed by atoms with Gasteiger partial charge in [-0.15, -0.1) is 0 Å². The van der Waals surface area contributed by atoms with E-state index in [1.54, 1.807) is 0 Å². The quantitative estimate of drug-likeness (QED) is 0.278. The first-order valence-corrected chi connectivity index (χ1v) is 16.3. The van der Waals surface area contributed by atoms with Crippen LogP contribution in [0.5, 0.6) is 11.5 Å². The van der Waals surface area contributed by atoms with Gasteiger partial charge in [0.05, 0.1) is 5.56 Å². The van der Waals surface area contributed by atoms with Gasteiger partial charge in [0.25, 0.3) is 0 Å². The highest BCUT2D eigenvalue weighted by molar-refractivity contribution is 6.74. The molecule has 0 heterocycles. The van der Waals surface area contributed by atoms with Crippen LogP contribution in [-0.2, 0) is 19.2 Å². The van der Waals surface area contributed by atoms with Gasteiger partial charge in [0, 0.05) is 5.92 Å². The molecular formula is C32H39F3O2Si. The molecule has 0 radical (unpaired) electrons. The van der Waals surface area contributed by atoms with Gasteiger partial charge in [-0.05, 0) is 82.9 Å². The predicted octanol–water partition coefficient (Wildman–Crippen LogP) is 9.87. The molecule has 0 saturated heterocycles. The summed E-state index contributed by atoms with van der Waals surface area (Å²) in [5.41, 5.74) is 3.56. The van der Waals surface area contributed by atoms with Gasteiger partial charge in [0.2, 0.25) is 8.32 Å². The molecule has 0 aromatic heterocycles. The second kappa shape index (κ2) is 10.4. The molecule has 0 bridgehead atoms. The molecule has 1 atom stereocenters. The van der Waals surface area contributed by atoms with Gasteiger partial charge in [-0.2, -0.15) is 13.2 Å². The highest BCUT2D eigenvalue weighted by Crippen LogP contribution is 2.49. The second-order valence-electron chi connectivity index (χ2n) is 12.2. The Balaban J connectivity index is 1.70. The summed E-state index contributed by atoms with van der Waals surface area (Å²) >= 11 is 0. The molecule has 0 fully saturated rings. The van der Waals surface area contributed by atoms with Gasteiger partial charge in [0.1, 0.15) is 18.1 Å². The van der Waals surface area contributed by atoms with Gasteiger partial charge in [0.15, 0.2) is 0 Å². The molecule has 3 aromatic rings. The molecule has 38 heavy (non-hydrogen) atoms. The second-order valence-corrected chi connectivity index (χ2v) is 16.9. The standard InChI is InChI=1S/C32H39F3O2Si/c1-21(2)27-18-23(14-16-29(27)36-20-22-11-9-8-10-12-22)26-15-13-24-17-25(37-38(6,7)31(3,4)5)19-28(30(24)26)32(33,34)35/h8-12,14,16-19,21,26H,13,15,20H2,1-7H3. The molecule has 6 heteroatoms. The van der Waals surface area contributed by atoms with Gasteiger partial charge in [-0.1, -0.05) is 77.1 Å². The Morgan fingerprint density at radius 2 is 1.63 bits per heavy atom. The third kappa shape index (κ3) is 5.95. The summed E-state index contributed by atoms with van der Waals surface area (Å²) in [6.07, 6.45) is -3.22. The smallest absolute Gasteiger partial charge is 0.416 e. The molecule has 0 amide bonds. The lowest BCUT2D eigenvalue weighted by atomic mass is 9.87. The minimum absolute atomic E-state index is 0.107. The zero-order valence-corrected chi connectivity index (χ0v) is 24.5. The lowest BCUT2D eigenvalue weighted by Gasteiger charge is -2.36. The molecule has 1 aliphatic rings. The number of hydrogen-bond acceptors (Lipinski definition) is 2. The predicted molar refractivity (Wildman–Crippen MR) is 151 cm³/mol. The minimum Gasteiger partial charge on any atom is -0.543 e. The normalized spacial score (nSPS) is 16.0. The Bertz CT molecular complexity index is 1270. The van der Waals surface area contributed by atoms with Crippen LogP contribution in [0.1, 0.15) is 86.3 Å². The van der Waals surface area contributed by atoms with Crippen molar-refractivity contribution in [1.29, 1.82) is 0 Å². The van der Waals surface area contributed by atoms with E-state index in [9.17, 15) is 13.2 Å². The van der Waals surface area contributed by atoms with Gasteiger partial charge >= 0.3 is 6.18 Å². The van der Waals surface area contributed by atoms with E-state index in [-0.39, 0.29) is 16.9 Å². The first-order chi connectivity index (χ1) is 17.7. The molecule has 1 unspecified atom stereocenters. The number of aryl methyl sites for hydroxylation is 1. The van der Waals surface area contributed by atoms with Crippen molar-refractivity contribution >= 4 is 8.32 Å². The Hall–Kier alpha value is -2.73. The monoisotopic (exact) mass is 540 g/mol. The Morgan fingerprint density at radius 1 is 0.947 bits per heavy atom. The average Bonchev–Trinajstić information content (AvgIpc) is 3.25. The highest BCUT2D eigenvalue weighted by Gasteiger charge is 2.42. The largest absolute Gasteiger partial charge is 0.543 e. The zero-order valence-electron chi connectivity index (χ0n) is 23.5. The molecule has 0 saturated carbocycles. The van der Waals surface area contributed by atoms with E-state index in [1.807, 2.05) is 54.6 Å². The van der Waals surface area contributed by atoms with Crippen molar-refractivity contribution in [1.82, 2.24) is 0 Å². The highest BCUT2D eigenvalue weighted by atomic mass is 28.4. The van der Waals surface area contributed by atoms with Crippen LogP contribution in [0, 0.1) is 0 Å². The van der Waals surface area contributed by atoms with E-state index in [2.05, 4.69) is 47.7 Å². The molecule has 0 spiro atoms. The Labute approximate surface area is 226 Å². The van der Waals surface area contributed by atoms with Crippen LogP contribution in [0.15, 0.2) is 60.7 Å². The summed E-state index contributed by atoms with van der Waals surface area (Å²) < 4.78 is 55.8. The Morgan fingerprint density at radius 3 is 2.24 bits per heavy atom. The molecule has 2 nitrogen and oxygen atoms in total. The number of ether oxygens (including phenoxy) is 1. The number of hydrogen-bond donors (Lipinski definition) is 0. The van der Waals surface area contributed by atoms with E-state index in [1.165, 1.54) is 6.07 Å². The maximum Gasteiger partial charge on any atom is 0.416 e. The number of benzene rings is 3. The summed E-state index contributed by atoms with van der Waals surface area (Å²) in [7, 11) is -2.28. The number of rotatable bonds is 7. The summed E-state index contributed by atoms with van der Waals surface area (Å²) in [5.74, 6) is 0.976. The van der Waals surface area contributed by atoms with Crippen molar-refractivity contribution in [3.8, 4) is 11.5 Å². The van der Waals surface area contributed by atoms with E-state index in [0.717, 1.165) is 28.0 Å². The third-order valence-electron chi connectivity index (χ3n) is 8.07. The van der Waals surface area contributed by atoms with Crippen molar-refractivity contribution in [2.24, 2.45) is 0 Å². The maximum atomic E-state index is 14.4. The van der Waals surface area contributed by atoms with Gasteiger partial charge < -0.3 is 9.16 Å².